The van der Waals surface area contributed by atoms with Gasteiger partial charge in [-0.2, -0.15) is 4.31 Å². The molecular formula is C20H17N3O6S3. The second-order valence-corrected chi connectivity index (χ2v) is 11.2. The lowest BCUT2D eigenvalue weighted by Crippen LogP contribution is -2.40. The minimum Gasteiger partial charge on any atom is -0.449 e. The Morgan fingerprint density at radius 3 is 2.72 bits per heavy atom. The van der Waals surface area contributed by atoms with Crippen molar-refractivity contribution in [2.75, 3.05) is 26.3 Å². The maximum atomic E-state index is 12.9. The van der Waals surface area contributed by atoms with Crippen molar-refractivity contribution in [3.05, 3.63) is 50.8 Å². The van der Waals surface area contributed by atoms with Gasteiger partial charge in [-0.1, -0.05) is 0 Å². The van der Waals surface area contributed by atoms with Crippen molar-refractivity contribution in [1.29, 1.82) is 0 Å². The number of hydrogen-bond acceptors (Lipinski definition) is 9. The number of nitro groups is 1. The third kappa shape index (κ3) is 3.63. The van der Waals surface area contributed by atoms with Gasteiger partial charge in [0, 0.05) is 30.6 Å². The van der Waals surface area contributed by atoms with Gasteiger partial charge in [0.15, 0.2) is 0 Å². The molecule has 0 aliphatic carbocycles. The normalized spacial score (nSPS) is 15.4. The van der Waals surface area contributed by atoms with E-state index in [-0.39, 0.29) is 23.7 Å². The molecule has 0 atom stereocenters. The fourth-order valence-corrected chi connectivity index (χ4v) is 6.87. The molecule has 12 heteroatoms. The number of nitrogens with zero attached hydrogens (tertiary/aromatic N) is 3. The van der Waals surface area contributed by atoms with Gasteiger partial charge in [-0.3, -0.25) is 10.1 Å². The van der Waals surface area contributed by atoms with Crippen LogP contribution in [0.4, 0.5) is 5.69 Å². The zero-order valence-corrected chi connectivity index (χ0v) is 19.3. The molecule has 166 valence electrons. The highest BCUT2D eigenvalue weighted by Crippen LogP contribution is 2.42. The van der Waals surface area contributed by atoms with Gasteiger partial charge < -0.3 is 9.47 Å². The molecule has 0 spiro atoms. The van der Waals surface area contributed by atoms with Crippen molar-refractivity contribution in [3.8, 4) is 11.5 Å². The predicted molar refractivity (Wildman–Crippen MR) is 122 cm³/mol. The van der Waals surface area contributed by atoms with E-state index in [0.717, 1.165) is 31.4 Å². The molecule has 5 rings (SSSR count). The van der Waals surface area contributed by atoms with Crippen molar-refractivity contribution in [3.63, 3.8) is 0 Å². The topological polar surface area (TPSA) is 112 Å². The lowest BCUT2D eigenvalue weighted by Gasteiger charge is -2.26. The summed E-state index contributed by atoms with van der Waals surface area (Å²) in [5.41, 5.74) is 0.467. The fourth-order valence-electron chi connectivity index (χ4n) is 3.61. The number of hydrogen-bond donors (Lipinski definition) is 0. The number of thiophene rings is 1. The first-order chi connectivity index (χ1) is 15.3. The molecule has 2 aromatic heterocycles. The van der Waals surface area contributed by atoms with Gasteiger partial charge in [-0.05, 0) is 30.5 Å². The maximum absolute atomic E-state index is 12.9. The van der Waals surface area contributed by atoms with Crippen LogP contribution in [0.3, 0.4) is 0 Å². The Kier molecular flexibility index (Phi) is 5.34. The van der Waals surface area contributed by atoms with Crippen LogP contribution >= 0.6 is 22.7 Å². The summed E-state index contributed by atoms with van der Waals surface area (Å²) < 4.78 is 40.2. The lowest BCUT2D eigenvalue weighted by atomic mass is 10.2. The average molecular weight is 492 g/mol. The zero-order valence-electron chi connectivity index (χ0n) is 16.8. The van der Waals surface area contributed by atoms with Gasteiger partial charge in [-0.15, -0.1) is 22.7 Å². The molecule has 2 aromatic carbocycles. The number of fused-ring (bicyclic) bond motifs is 3. The van der Waals surface area contributed by atoms with Crippen molar-refractivity contribution in [1.82, 2.24) is 9.29 Å². The molecule has 0 unspecified atom stereocenters. The monoisotopic (exact) mass is 491 g/mol. The summed E-state index contributed by atoms with van der Waals surface area (Å²) in [5.74, 6) is 0.438. The number of rotatable bonds is 5. The molecule has 0 saturated carbocycles. The predicted octanol–water partition coefficient (Wildman–Crippen LogP) is 4.54. The number of aryl methyl sites for hydroxylation is 1. The molecule has 1 fully saturated rings. The van der Waals surface area contributed by atoms with E-state index < -0.39 is 20.6 Å². The van der Waals surface area contributed by atoms with Gasteiger partial charge in [0.05, 0.1) is 43.0 Å². The summed E-state index contributed by atoms with van der Waals surface area (Å²) in [6.45, 7) is 2.91. The van der Waals surface area contributed by atoms with Crippen molar-refractivity contribution in [2.45, 2.75) is 11.8 Å². The highest BCUT2D eigenvalue weighted by Gasteiger charge is 2.29. The number of benzene rings is 2. The Morgan fingerprint density at radius 1 is 1.19 bits per heavy atom. The SMILES string of the molecule is Cc1nc2c(cc(Oc3ccc(S(=O)(=O)N4CCOCC4)cc3[N+](=O)[O-])c3ccsc32)s1. The fraction of sp³-hybridized carbons (Fsp3) is 0.250. The smallest absolute Gasteiger partial charge is 0.312 e. The highest BCUT2D eigenvalue weighted by atomic mass is 32.2. The van der Waals surface area contributed by atoms with E-state index in [2.05, 4.69) is 4.98 Å². The number of aromatic nitrogens is 1. The van der Waals surface area contributed by atoms with Crippen LogP contribution in [0.2, 0.25) is 0 Å². The van der Waals surface area contributed by atoms with Crippen LogP contribution in [0.5, 0.6) is 11.5 Å². The van der Waals surface area contributed by atoms with E-state index in [0.29, 0.717) is 19.0 Å². The zero-order chi connectivity index (χ0) is 22.5. The molecule has 0 radical (unpaired) electrons. The largest absolute Gasteiger partial charge is 0.449 e. The van der Waals surface area contributed by atoms with Gasteiger partial charge in [0.25, 0.3) is 0 Å². The molecule has 3 heterocycles. The quantitative estimate of drug-likeness (QED) is 0.298. The third-order valence-electron chi connectivity index (χ3n) is 5.12. The van der Waals surface area contributed by atoms with E-state index in [1.54, 1.807) is 0 Å². The molecular weight excluding hydrogens is 474 g/mol. The molecule has 4 aromatic rings. The Bertz CT molecular complexity index is 1450. The van der Waals surface area contributed by atoms with Crippen LogP contribution in [0.15, 0.2) is 40.6 Å². The summed E-state index contributed by atoms with van der Waals surface area (Å²) in [4.78, 5) is 15.6. The molecule has 9 nitrogen and oxygen atoms in total. The first kappa shape index (κ1) is 21.2. The third-order valence-corrected chi connectivity index (χ3v) is 8.86. The Balaban J connectivity index is 1.57. The minimum atomic E-state index is -3.87. The molecule has 1 aliphatic heterocycles. The summed E-state index contributed by atoms with van der Waals surface area (Å²) in [7, 11) is -3.87. The summed E-state index contributed by atoms with van der Waals surface area (Å²) >= 11 is 3.04. The van der Waals surface area contributed by atoms with Gasteiger partial charge in [-0.25, -0.2) is 13.4 Å². The first-order valence-electron chi connectivity index (χ1n) is 9.66. The molecule has 32 heavy (non-hydrogen) atoms. The maximum Gasteiger partial charge on any atom is 0.312 e. The van der Waals surface area contributed by atoms with E-state index in [4.69, 9.17) is 9.47 Å². The second kappa shape index (κ2) is 8.05. The van der Waals surface area contributed by atoms with Crippen LogP contribution in [0, 0.1) is 17.0 Å². The summed E-state index contributed by atoms with van der Waals surface area (Å²) in [5, 5.41) is 15.4. The van der Waals surface area contributed by atoms with Crippen molar-refractivity contribution >= 4 is 58.7 Å². The number of nitro benzene ring substituents is 1. The van der Waals surface area contributed by atoms with E-state index >= 15 is 0 Å². The van der Waals surface area contributed by atoms with Crippen molar-refractivity contribution < 1.29 is 22.8 Å². The Labute approximate surface area is 191 Å². The average Bonchev–Trinajstić information content (AvgIpc) is 3.40. The van der Waals surface area contributed by atoms with Gasteiger partial charge >= 0.3 is 5.69 Å². The first-order valence-corrected chi connectivity index (χ1v) is 12.8. The van der Waals surface area contributed by atoms with Crippen molar-refractivity contribution in [2.24, 2.45) is 0 Å². The highest BCUT2D eigenvalue weighted by molar-refractivity contribution is 7.89. The van der Waals surface area contributed by atoms with E-state index in [1.807, 2.05) is 24.4 Å². The van der Waals surface area contributed by atoms with E-state index in [9.17, 15) is 18.5 Å². The summed E-state index contributed by atoms with van der Waals surface area (Å²) in [6, 6.07) is 7.43. The lowest BCUT2D eigenvalue weighted by molar-refractivity contribution is -0.385. The number of morpholine rings is 1. The molecule has 1 saturated heterocycles. The van der Waals surface area contributed by atoms with Gasteiger partial charge in [0.2, 0.25) is 15.8 Å². The van der Waals surface area contributed by atoms with Crippen LogP contribution in [-0.2, 0) is 14.8 Å². The van der Waals surface area contributed by atoms with Crippen LogP contribution in [0.1, 0.15) is 5.01 Å². The molecule has 0 N–H and O–H groups in total. The van der Waals surface area contributed by atoms with Crippen LogP contribution < -0.4 is 4.74 Å². The molecule has 0 amide bonds. The second-order valence-electron chi connectivity index (χ2n) is 7.12. The minimum absolute atomic E-state index is 0.0241. The number of sulfonamides is 1. The Hall–Kier alpha value is -2.64. The molecule has 0 bridgehead atoms. The summed E-state index contributed by atoms with van der Waals surface area (Å²) in [6.07, 6.45) is 0. The van der Waals surface area contributed by atoms with E-state index in [1.165, 1.54) is 39.1 Å². The number of ether oxygens (including phenoxy) is 2. The standard InChI is InChI=1S/C20H17N3O6S3/c1-12-21-19-18(31-12)11-17(14-4-9-30-20(14)19)29-16-3-2-13(10-15(16)23(24)25)32(26,27)22-5-7-28-8-6-22/h2-4,9-11H,5-8H2,1H3. The Morgan fingerprint density at radius 2 is 1.97 bits per heavy atom. The van der Waals surface area contributed by atoms with Crippen LogP contribution in [-0.4, -0.2) is 48.9 Å². The molecule has 1 aliphatic rings. The van der Waals surface area contributed by atoms with Gasteiger partial charge in [0.1, 0.15) is 5.75 Å². The number of thiazole rings is 1. The van der Waals surface area contributed by atoms with Crippen LogP contribution in [0.25, 0.3) is 20.3 Å².